The molecule has 1 atom stereocenters. The van der Waals surface area contributed by atoms with Gasteiger partial charge in [0.2, 0.25) is 0 Å². The summed E-state index contributed by atoms with van der Waals surface area (Å²) < 4.78 is 16.9. The van der Waals surface area contributed by atoms with Gasteiger partial charge in [-0.05, 0) is 33.6 Å². The fourth-order valence-electron chi connectivity index (χ4n) is 1.76. The topological polar surface area (TPSA) is 27.7 Å². The highest BCUT2D eigenvalue weighted by Gasteiger charge is 2.43. The maximum Gasteiger partial charge on any atom is 0.613 e. The van der Waals surface area contributed by atoms with Crippen molar-refractivity contribution in [1.29, 1.82) is 0 Å². The fourth-order valence-corrected chi connectivity index (χ4v) is 4.73. The van der Waals surface area contributed by atoms with E-state index in [1.807, 2.05) is 20.8 Å². The van der Waals surface area contributed by atoms with Crippen molar-refractivity contribution in [2.45, 2.75) is 58.7 Å². The number of halogens is 1. The molecule has 0 heterocycles. The van der Waals surface area contributed by atoms with Gasteiger partial charge in [-0.1, -0.05) is 23.9 Å². The second kappa shape index (κ2) is 6.20. The molecule has 3 nitrogen and oxygen atoms in total. The van der Waals surface area contributed by atoms with E-state index < -0.39 is 8.11 Å². The molecule has 0 aromatic rings. The van der Waals surface area contributed by atoms with Crippen LogP contribution in [0.4, 0.5) is 0 Å². The Kier molecular flexibility index (Phi) is 5.56. The molecule has 0 aliphatic heterocycles. The van der Waals surface area contributed by atoms with Crippen molar-refractivity contribution in [3.05, 3.63) is 0 Å². The van der Waals surface area contributed by atoms with Crippen LogP contribution in [0.15, 0.2) is 0 Å². The quantitative estimate of drug-likeness (QED) is 0.537. The Morgan fingerprint density at radius 3 is 2.40 bits per heavy atom. The van der Waals surface area contributed by atoms with E-state index in [2.05, 4.69) is 0 Å². The Morgan fingerprint density at radius 1 is 1.33 bits per heavy atom. The molecule has 0 saturated heterocycles. The van der Waals surface area contributed by atoms with Gasteiger partial charge in [-0.15, -0.1) is 0 Å². The van der Waals surface area contributed by atoms with Crippen molar-refractivity contribution in [1.82, 2.24) is 0 Å². The Balaban J connectivity index is 2.46. The lowest BCUT2D eigenvalue weighted by Gasteiger charge is -2.27. The standard InChI is InChI=1S/C10H21ClO3Si/c1-4-12-15(11,13-9(2)3)14-10-7-5-6-8-10/h9-10H,4-8H2,1-3H3. The van der Waals surface area contributed by atoms with Crippen LogP contribution in [-0.2, 0) is 13.3 Å². The molecule has 1 unspecified atom stereocenters. The van der Waals surface area contributed by atoms with E-state index >= 15 is 0 Å². The van der Waals surface area contributed by atoms with Crippen molar-refractivity contribution in [3.8, 4) is 0 Å². The second-order valence-electron chi connectivity index (χ2n) is 4.11. The van der Waals surface area contributed by atoms with Crippen molar-refractivity contribution in [3.63, 3.8) is 0 Å². The van der Waals surface area contributed by atoms with Crippen LogP contribution in [-0.4, -0.2) is 26.9 Å². The molecule has 1 saturated carbocycles. The molecule has 0 amide bonds. The van der Waals surface area contributed by atoms with Crippen LogP contribution < -0.4 is 0 Å². The Morgan fingerprint density at radius 2 is 1.93 bits per heavy atom. The first-order chi connectivity index (χ1) is 7.06. The summed E-state index contributed by atoms with van der Waals surface area (Å²) >= 11 is 6.29. The van der Waals surface area contributed by atoms with Crippen LogP contribution in [0.5, 0.6) is 0 Å². The summed E-state index contributed by atoms with van der Waals surface area (Å²) in [4.78, 5) is 0. The van der Waals surface area contributed by atoms with Gasteiger partial charge < -0.3 is 13.3 Å². The lowest BCUT2D eigenvalue weighted by atomic mass is 10.3. The molecule has 0 spiro atoms. The lowest BCUT2D eigenvalue weighted by Crippen LogP contribution is -2.44. The Hall–Kier alpha value is 0.387. The Bertz CT molecular complexity index is 186. The molecule has 5 heteroatoms. The predicted molar refractivity (Wildman–Crippen MR) is 62.8 cm³/mol. The van der Waals surface area contributed by atoms with Crippen molar-refractivity contribution in [2.24, 2.45) is 0 Å². The van der Waals surface area contributed by atoms with Crippen molar-refractivity contribution >= 4 is 19.2 Å². The summed E-state index contributed by atoms with van der Waals surface area (Å²) in [5.41, 5.74) is 0. The summed E-state index contributed by atoms with van der Waals surface area (Å²) in [5, 5.41) is 0. The third kappa shape index (κ3) is 4.83. The van der Waals surface area contributed by atoms with E-state index in [0.29, 0.717) is 6.61 Å². The second-order valence-corrected chi connectivity index (χ2v) is 7.22. The van der Waals surface area contributed by atoms with Crippen LogP contribution in [0.1, 0.15) is 46.5 Å². The van der Waals surface area contributed by atoms with E-state index in [0.717, 1.165) is 12.8 Å². The minimum atomic E-state index is -2.91. The van der Waals surface area contributed by atoms with E-state index in [9.17, 15) is 0 Å². The minimum absolute atomic E-state index is 0.0436. The van der Waals surface area contributed by atoms with Gasteiger partial charge >= 0.3 is 8.11 Å². The first kappa shape index (κ1) is 13.5. The highest BCUT2D eigenvalue weighted by Crippen LogP contribution is 2.27. The third-order valence-electron chi connectivity index (χ3n) is 2.30. The van der Waals surface area contributed by atoms with Crippen molar-refractivity contribution in [2.75, 3.05) is 6.61 Å². The minimum Gasteiger partial charge on any atom is -0.362 e. The van der Waals surface area contributed by atoms with E-state index in [-0.39, 0.29) is 12.2 Å². The molecule has 0 bridgehead atoms. The summed E-state index contributed by atoms with van der Waals surface area (Å²) in [7, 11) is -2.91. The number of hydrogen-bond donors (Lipinski definition) is 0. The van der Waals surface area contributed by atoms with Crippen LogP contribution >= 0.6 is 11.1 Å². The average molecular weight is 253 g/mol. The third-order valence-corrected chi connectivity index (χ3v) is 5.17. The van der Waals surface area contributed by atoms with E-state index in [1.54, 1.807) is 0 Å². The largest absolute Gasteiger partial charge is 0.613 e. The van der Waals surface area contributed by atoms with Gasteiger partial charge in [-0.2, -0.15) is 0 Å². The molecule has 90 valence electrons. The van der Waals surface area contributed by atoms with Crippen LogP contribution in [0, 0.1) is 0 Å². The van der Waals surface area contributed by atoms with Crippen LogP contribution in [0.3, 0.4) is 0 Å². The lowest BCUT2D eigenvalue weighted by molar-refractivity contribution is 0.0336. The first-order valence-corrected chi connectivity index (χ1v) is 8.48. The molecular formula is C10H21ClO3Si. The maximum absolute atomic E-state index is 6.29. The molecule has 1 fully saturated rings. The predicted octanol–water partition coefficient (Wildman–Crippen LogP) is 3.08. The van der Waals surface area contributed by atoms with Gasteiger partial charge in [-0.3, -0.25) is 0 Å². The normalized spacial score (nSPS) is 22.2. The highest BCUT2D eigenvalue weighted by molar-refractivity contribution is 7.09. The van der Waals surface area contributed by atoms with Gasteiger partial charge in [-0.25, -0.2) is 0 Å². The molecule has 1 aliphatic rings. The highest BCUT2D eigenvalue weighted by atomic mass is 35.6. The number of hydrogen-bond acceptors (Lipinski definition) is 3. The molecule has 15 heavy (non-hydrogen) atoms. The molecule has 0 aromatic carbocycles. The van der Waals surface area contributed by atoms with Crippen LogP contribution in [0.2, 0.25) is 0 Å². The van der Waals surface area contributed by atoms with Gasteiger partial charge in [0, 0.05) is 12.7 Å². The number of rotatable bonds is 6. The van der Waals surface area contributed by atoms with Gasteiger partial charge in [0.25, 0.3) is 0 Å². The average Bonchev–Trinajstić information content (AvgIpc) is 2.54. The van der Waals surface area contributed by atoms with Gasteiger partial charge in [0.15, 0.2) is 0 Å². The zero-order chi connectivity index (χ0) is 11.3. The van der Waals surface area contributed by atoms with Crippen LogP contribution in [0.25, 0.3) is 0 Å². The molecule has 1 aliphatic carbocycles. The summed E-state index contributed by atoms with van der Waals surface area (Å²) in [6, 6.07) is 0. The molecule has 0 radical (unpaired) electrons. The zero-order valence-electron chi connectivity index (χ0n) is 9.79. The van der Waals surface area contributed by atoms with Gasteiger partial charge in [0.1, 0.15) is 0 Å². The zero-order valence-corrected chi connectivity index (χ0v) is 11.5. The smallest absolute Gasteiger partial charge is 0.362 e. The summed E-state index contributed by atoms with van der Waals surface area (Å²) in [6.45, 7) is 6.34. The fraction of sp³-hybridized carbons (Fsp3) is 1.00. The molecule has 0 aromatic heterocycles. The Labute approximate surface area is 98.1 Å². The van der Waals surface area contributed by atoms with Crippen molar-refractivity contribution < 1.29 is 13.3 Å². The summed E-state index contributed by atoms with van der Waals surface area (Å²) in [5.74, 6) is 0. The first-order valence-electron chi connectivity index (χ1n) is 5.74. The molecular weight excluding hydrogens is 232 g/mol. The maximum atomic E-state index is 6.29. The monoisotopic (exact) mass is 252 g/mol. The SMILES string of the molecule is CCO[Si](Cl)(OC(C)C)OC1CCCC1. The molecule has 1 rings (SSSR count). The summed E-state index contributed by atoms with van der Waals surface area (Å²) in [6.07, 6.45) is 4.88. The van der Waals surface area contributed by atoms with E-state index in [1.165, 1.54) is 12.8 Å². The van der Waals surface area contributed by atoms with Gasteiger partial charge in [0.05, 0.1) is 6.10 Å². The van der Waals surface area contributed by atoms with E-state index in [4.69, 9.17) is 24.4 Å². The molecule has 0 N–H and O–H groups in total.